The lowest BCUT2D eigenvalue weighted by atomic mass is 9.97. The van der Waals surface area contributed by atoms with Gasteiger partial charge in [0.15, 0.2) is 0 Å². The number of urea groups is 1. The van der Waals surface area contributed by atoms with E-state index in [1.165, 1.54) is 16.7 Å². The van der Waals surface area contributed by atoms with Gasteiger partial charge in [0.1, 0.15) is 11.5 Å². The third kappa shape index (κ3) is 3.68. The van der Waals surface area contributed by atoms with Gasteiger partial charge in [0.25, 0.3) is 0 Å². The van der Waals surface area contributed by atoms with Crippen LogP contribution in [0.15, 0.2) is 6.07 Å². The molecule has 1 N–H and O–H groups in total. The maximum Gasteiger partial charge on any atom is 0.409 e. The lowest BCUT2D eigenvalue weighted by Gasteiger charge is -2.34. The second kappa shape index (κ2) is 8.16. The van der Waals surface area contributed by atoms with Crippen LogP contribution in [-0.2, 0) is 24.0 Å². The van der Waals surface area contributed by atoms with Crippen molar-refractivity contribution in [2.45, 2.75) is 26.2 Å². The zero-order valence-electron chi connectivity index (χ0n) is 16.3. The van der Waals surface area contributed by atoms with E-state index in [4.69, 9.17) is 14.2 Å². The van der Waals surface area contributed by atoms with Crippen LogP contribution in [0.4, 0.5) is 9.59 Å². The SMILES string of the molecule is CCOC(=O)N1CCN(C(=O)NCCc2c3c(cc4c2OCC4)OCC3)CC1. The molecule has 3 aliphatic heterocycles. The van der Waals surface area contributed by atoms with E-state index < -0.39 is 0 Å². The van der Waals surface area contributed by atoms with Gasteiger partial charge in [-0.1, -0.05) is 0 Å². The molecule has 4 rings (SSSR count). The summed E-state index contributed by atoms with van der Waals surface area (Å²) in [6.45, 7) is 6.13. The number of rotatable bonds is 4. The molecule has 152 valence electrons. The van der Waals surface area contributed by atoms with Crippen LogP contribution in [0.1, 0.15) is 23.6 Å². The lowest BCUT2D eigenvalue weighted by molar-refractivity contribution is 0.0852. The van der Waals surface area contributed by atoms with Crippen molar-refractivity contribution in [3.05, 3.63) is 22.8 Å². The van der Waals surface area contributed by atoms with Gasteiger partial charge in [0, 0.05) is 62.3 Å². The van der Waals surface area contributed by atoms with E-state index in [9.17, 15) is 9.59 Å². The highest BCUT2D eigenvalue weighted by molar-refractivity contribution is 5.75. The molecule has 0 spiro atoms. The van der Waals surface area contributed by atoms with Crippen LogP contribution in [-0.4, -0.2) is 74.5 Å². The summed E-state index contributed by atoms with van der Waals surface area (Å²) in [4.78, 5) is 27.6. The van der Waals surface area contributed by atoms with Gasteiger partial charge in [0.2, 0.25) is 0 Å². The van der Waals surface area contributed by atoms with Gasteiger partial charge >= 0.3 is 12.1 Å². The standard InChI is InChI=1S/C20H27N3O5/c1-2-26-20(25)23-9-7-22(8-10-23)19(24)21-6-3-16-15-5-12-27-17(15)13-14-4-11-28-18(14)16/h13H,2-12H2,1H3,(H,21,24). The highest BCUT2D eigenvalue weighted by atomic mass is 16.6. The Hall–Kier alpha value is -2.64. The van der Waals surface area contributed by atoms with Crippen LogP contribution in [0.5, 0.6) is 11.5 Å². The first kappa shape index (κ1) is 18.7. The Balaban J connectivity index is 1.30. The summed E-state index contributed by atoms with van der Waals surface area (Å²) >= 11 is 0. The average Bonchev–Trinajstić information content (AvgIpc) is 3.36. The molecule has 28 heavy (non-hydrogen) atoms. The summed E-state index contributed by atoms with van der Waals surface area (Å²) in [5.74, 6) is 1.96. The summed E-state index contributed by atoms with van der Waals surface area (Å²) in [6, 6.07) is 2.01. The monoisotopic (exact) mass is 389 g/mol. The molecular formula is C20H27N3O5. The molecule has 0 aliphatic carbocycles. The molecule has 0 aromatic heterocycles. The first-order chi connectivity index (χ1) is 13.7. The number of hydrogen-bond donors (Lipinski definition) is 1. The summed E-state index contributed by atoms with van der Waals surface area (Å²) < 4.78 is 16.6. The minimum absolute atomic E-state index is 0.0927. The largest absolute Gasteiger partial charge is 0.493 e. The average molecular weight is 389 g/mol. The van der Waals surface area contributed by atoms with E-state index in [0.29, 0.717) is 52.5 Å². The second-order valence-electron chi connectivity index (χ2n) is 7.17. The molecule has 1 aromatic rings. The number of benzene rings is 1. The summed E-state index contributed by atoms with van der Waals surface area (Å²) in [7, 11) is 0. The lowest BCUT2D eigenvalue weighted by Crippen LogP contribution is -2.53. The van der Waals surface area contributed by atoms with Crippen LogP contribution < -0.4 is 14.8 Å². The maximum absolute atomic E-state index is 12.5. The zero-order valence-corrected chi connectivity index (χ0v) is 16.3. The molecule has 0 saturated carbocycles. The van der Waals surface area contributed by atoms with Gasteiger partial charge in [0.05, 0.1) is 19.8 Å². The first-order valence-corrected chi connectivity index (χ1v) is 10.0. The van der Waals surface area contributed by atoms with Crippen LogP contribution >= 0.6 is 0 Å². The van der Waals surface area contributed by atoms with Gasteiger partial charge in [-0.05, 0) is 19.4 Å². The van der Waals surface area contributed by atoms with E-state index in [1.807, 2.05) is 0 Å². The molecule has 0 bridgehead atoms. The van der Waals surface area contributed by atoms with Crippen molar-refractivity contribution in [3.8, 4) is 11.5 Å². The number of ether oxygens (including phenoxy) is 3. The third-order valence-electron chi connectivity index (χ3n) is 5.50. The van der Waals surface area contributed by atoms with Crippen molar-refractivity contribution in [3.63, 3.8) is 0 Å². The molecule has 3 amide bonds. The molecule has 1 saturated heterocycles. The number of piperazine rings is 1. The summed E-state index contributed by atoms with van der Waals surface area (Å²) in [5.41, 5.74) is 3.60. The molecule has 0 radical (unpaired) electrons. The Morgan fingerprint density at radius 1 is 1.11 bits per heavy atom. The van der Waals surface area contributed by atoms with Crippen molar-refractivity contribution in [2.24, 2.45) is 0 Å². The van der Waals surface area contributed by atoms with Crippen LogP contribution in [0, 0.1) is 0 Å². The normalized spacial score (nSPS) is 17.5. The molecule has 8 nitrogen and oxygen atoms in total. The number of carbonyl (C=O) groups excluding carboxylic acids is 2. The number of hydrogen-bond acceptors (Lipinski definition) is 5. The molecule has 3 heterocycles. The zero-order chi connectivity index (χ0) is 19.5. The van der Waals surface area contributed by atoms with Crippen LogP contribution in [0.3, 0.4) is 0 Å². The summed E-state index contributed by atoms with van der Waals surface area (Å²) in [6.07, 6.45) is 2.22. The Labute approximate surface area is 164 Å². The molecule has 0 atom stereocenters. The van der Waals surface area contributed by atoms with E-state index in [1.54, 1.807) is 16.7 Å². The van der Waals surface area contributed by atoms with Gasteiger partial charge in [-0.2, -0.15) is 0 Å². The van der Waals surface area contributed by atoms with Gasteiger partial charge in [-0.25, -0.2) is 9.59 Å². The highest BCUT2D eigenvalue weighted by Crippen LogP contribution is 2.40. The molecule has 1 aromatic carbocycles. The summed E-state index contributed by atoms with van der Waals surface area (Å²) in [5, 5.41) is 3.01. The molecule has 1 fully saturated rings. The third-order valence-corrected chi connectivity index (χ3v) is 5.50. The van der Waals surface area contributed by atoms with E-state index in [0.717, 1.165) is 30.8 Å². The van der Waals surface area contributed by atoms with Crippen molar-refractivity contribution in [2.75, 3.05) is 52.5 Å². The number of carbonyl (C=O) groups is 2. The van der Waals surface area contributed by atoms with Crippen LogP contribution in [0.2, 0.25) is 0 Å². The number of nitrogens with zero attached hydrogens (tertiary/aromatic N) is 2. The number of nitrogens with one attached hydrogen (secondary N) is 1. The quantitative estimate of drug-likeness (QED) is 0.846. The number of fused-ring (bicyclic) bond motifs is 2. The Bertz CT molecular complexity index is 726. The second-order valence-corrected chi connectivity index (χ2v) is 7.17. The van der Waals surface area contributed by atoms with Gasteiger partial charge in [-0.15, -0.1) is 0 Å². The topological polar surface area (TPSA) is 80.3 Å². The molecular weight excluding hydrogens is 362 g/mol. The van der Waals surface area contributed by atoms with Crippen molar-refractivity contribution >= 4 is 12.1 Å². The Morgan fingerprint density at radius 2 is 1.86 bits per heavy atom. The fourth-order valence-corrected chi connectivity index (χ4v) is 4.06. The van der Waals surface area contributed by atoms with Gasteiger partial charge < -0.3 is 29.3 Å². The van der Waals surface area contributed by atoms with Crippen molar-refractivity contribution < 1.29 is 23.8 Å². The van der Waals surface area contributed by atoms with Crippen molar-refractivity contribution in [1.29, 1.82) is 0 Å². The van der Waals surface area contributed by atoms with E-state index in [2.05, 4.69) is 11.4 Å². The van der Waals surface area contributed by atoms with E-state index in [-0.39, 0.29) is 12.1 Å². The minimum Gasteiger partial charge on any atom is -0.493 e. The first-order valence-electron chi connectivity index (χ1n) is 10.0. The van der Waals surface area contributed by atoms with E-state index >= 15 is 0 Å². The molecule has 3 aliphatic rings. The molecule has 0 unspecified atom stereocenters. The van der Waals surface area contributed by atoms with Crippen LogP contribution in [0.25, 0.3) is 0 Å². The Morgan fingerprint density at radius 3 is 2.64 bits per heavy atom. The predicted molar refractivity (Wildman–Crippen MR) is 102 cm³/mol. The fraction of sp³-hybridized carbons (Fsp3) is 0.600. The predicted octanol–water partition coefficient (Wildman–Crippen LogP) is 1.58. The highest BCUT2D eigenvalue weighted by Gasteiger charge is 2.27. The van der Waals surface area contributed by atoms with Gasteiger partial charge in [-0.3, -0.25) is 0 Å². The minimum atomic E-state index is -0.309. The maximum atomic E-state index is 12.5. The smallest absolute Gasteiger partial charge is 0.409 e. The van der Waals surface area contributed by atoms with Crippen molar-refractivity contribution in [1.82, 2.24) is 15.1 Å². The fourth-order valence-electron chi connectivity index (χ4n) is 4.06. The molecule has 8 heteroatoms. The Kier molecular flexibility index (Phi) is 5.45. The number of amides is 3.